The lowest BCUT2D eigenvalue weighted by Gasteiger charge is -2.02. The first-order valence-electron chi connectivity index (χ1n) is 1.93. The fraction of sp³-hybridized carbons (Fsp3) is 0. The summed E-state index contributed by atoms with van der Waals surface area (Å²) in [5, 5.41) is 0. The summed E-state index contributed by atoms with van der Waals surface area (Å²) in [5.74, 6) is 0. The molecule has 0 aliphatic carbocycles. The quantitative estimate of drug-likeness (QED) is 0.442. The fourth-order valence-corrected chi connectivity index (χ4v) is 0.311. The van der Waals surface area contributed by atoms with E-state index in [4.69, 9.17) is 5.73 Å². The number of allylic oxidation sites excluding steroid dienone is 1. The Morgan fingerprint density at radius 3 is 2.86 bits per heavy atom. The maximum atomic E-state index is 5.24. The van der Waals surface area contributed by atoms with Gasteiger partial charge in [-0.2, -0.15) is 0 Å². The van der Waals surface area contributed by atoms with Crippen LogP contribution in [-0.4, -0.2) is 0 Å². The molecular weight excluding hydrogens is 92.1 g/mol. The zero-order chi connectivity index (χ0) is 5.11. The molecule has 1 aliphatic heterocycles. The fourth-order valence-electron chi connectivity index (χ4n) is 0.311. The summed E-state index contributed by atoms with van der Waals surface area (Å²) in [6.45, 7) is 0. The van der Waals surface area contributed by atoms with E-state index in [1.165, 1.54) is 6.26 Å². The van der Waals surface area contributed by atoms with Crippen molar-refractivity contribution in [3.8, 4) is 0 Å². The zero-order valence-electron chi connectivity index (χ0n) is 3.72. The molecule has 0 atom stereocenters. The molecule has 0 saturated heterocycles. The van der Waals surface area contributed by atoms with Gasteiger partial charge in [-0.3, -0.25) is 0 Å². The Labute approximate surface area is 41.4 Å². The highest BCUT2D eigenvalue weighted by Crippen LogP contribution is 1.89. The standard InChI is InChI=1S/C4H6N2O/c5-4-1-2-6-7-3-4/h1-3,6H,5H2. The molecule has 0 fully saturated rings. The number of hydrogen-bond acceptors (Lipinski definition) is 3. The van der Waals surface area contributed by atoms with Crippen LogP contribution >= 0.6 is 0 Å². The maximum absolute atomic E-state index is 5.24. The summed E-state index contributed by atoms with van der Waals surface area (Å²) in [7, 11) is 0. The molecule has 0 spiro atoms. The van der Waals surface area contributed by atoms with Gasteiger partial charge in [0.25, 0.3) is 0 Å². The van der Waals surface area contributed by atoms with Gasteiger partial charge in [0.05, 0.1) is 5.70 Å². The molecule has 38 valence electrons. The number of nitrogens with two attached hydrogens (primary N) is 1. The van der Waals surface area contributed by atoms with Crippen molar-refractivity contribution in [1.82, 2.24) is 5.48 Å². The van der Waals surface area contributed by atoms with Crippen molar-refractivity contribution in [3.05, 3.63) is 24.2 Å². The molecule has 1 heterocycles. The third-order valence-electron chi connectivity index (χ3n) is 0.607. The molecule has 0 aromatic rings. The number of nitrogens with one attached hydrogen (secondary N) is 1. The Hall–Kier alpha value is -1.12. The largest absolute Gasteiger partial charge is 0.396 e. The van der Waals surface area contributed by atoms with Gasteiger partial charge in [0.15, 0.2) is 0 Å². The second kappa shape index (κ2) is 1.55. The van der Waals surface area contributed by atoms with Crippen molar-refractivity contribution in [2.45, 2.75) is 0 Å². The average Bonchev–Trinajstić information content (AvgIpc) is 1.69. The number of rotatable bonds is 0. The van der Waals surface area contributed by atoms with Crippen LogP contribution in [0.2, 0.25) is 0 Å². The first-order chi connectivity index (χ1) is 3.39. The topological polar surface area (TPSA) is 47.3 Å². The van der Waals surface area contributed by atoms with Gasteiger partial charge in [0, 0.05) is 6.20 Å². The molecule has 1 aliphatic rings. The molecule has 1 rings (SSSR count). The Morgan fingerprint density at radius 1 is 1.71 bits per heavy atom. The smallest absolute Gasteiger partial charge is 0.142 e. The molecule has 0 unspecified atom stereocenters. The lowest BCUT2D eigenvalue weighted by molar-refractivity contribution is 0.169. The molecule has 0 aromatic heterocycles. The van der Waals surface area contributed by atoms with Crippen LogP contribution in [0.3, 0.4) is 0 Å². The number of hydroxylamine groups is 1. The zero-order valence-corrected chi connectivity index (χ0v) is 3.72. The van der Waals surface area contributed by atoms with Crippen molar-refractivity contribution in [2.24, 2.45) is 5.73 Å². The van der Waals surface area contributed by atoms with E-state index >= 15 is 0 Å². The molecule has 0 bridgehead atoms. The Kier molecular flexibility index (Phi) is 0.898. The average molecular weight is 98.1 g/mol. The highest BCUT2D eigenvalue weighted by atomic mass is 16.6. The molecule has 0 saturated carbocycles. The predicted octanol–water partition coefficient (Wildman–Crippen LogP) is -0.165. The molecule has 3 nitrogen and oxygen atoms in total. The van der Waals surface area contributed by atoms with Crippen molar-refractivity contribution >= 4 is 0 Å². The van der Waals surface area contributed by atoms with Gasteiger partial charge in [-0.05, 0) is 6.08 Å². The summed E-state index contributed by atoms with van der Waals surface area (Å²) < 4.78 is 0. The summed E-state index contributed by atoms with van der Waals surface area (Å²) in [5.41, 5.74) is 8.35. The minimum absolute atomic E-state index is 0.624. The van der Waals surface area contributed by atoms with E-state index in [0.717, 1.165) is 0 Å². The summed E-state index contributed by atoms with van der Waals surface area (Å²) in [4.78, 5) is 4.56. The van der Waals surface area contributed by atoms with Crippen LogP contribution in [0.5, 0.6) is 0 Å². The molecule has 7 heavy (non-hydrogen) atoms. The highest BCUT2D eigenvalue weighted by Gasteiger charge is 1.85. The Balaban J connectivity index is 2.58. The molecule has 0 aromatic carbocycles. The highest BCUT2D eigenvalue weighted by molar-refractivity contribution is 5.12. The Bertz CT molecular complexity index is 117. The van der Waals surface area contributed by atoms with Crippen LogP contribution in [0, 0.1) is 0 Å². The normalized spacial score (nSPS) is 16.9. The lowest BCUT2D eigenvalue weighted by Crippen LogP contribution is -2.08. The number of hydrogen-bond donors (Lipinski definition) is 2. The Morgan fingerprint density at radius 2 is 2.57 bits per heavy atom. The van der Waals surface area contributed by atoms with Gasteiger partial charge >= 0.3 is 0 Å². The summed E-state index contributed by atoms with van der Waals surface area (Å²) in [6.07, 6.45) is 4.76. The second-order valence-corrected chi connectivity index (χ2v) is 1.19. The molecule has 0 radical (unpaired) electrons. The van der Waals surface area contributed by atoms with E-state index in [2.05, 4.69) is 10.3 Å². The molecule has 3 heteroatoms. The van der Waals surface area contributed by atoms with E-state index in [1.807, 2.05) is 0 Å². The van der Waals surface area contributed by atoms with Gasteiger partial charge < -0.3 is 10.6 Å². The van der Waals surface area contributed by atoms with Crippen LogP contribution in [0.25, 0.3) is 0 Å². The lowest BCUT2D eigenvalue weighted by atomic mass is 10.5. The van der Waals surface area contributed by atoms with Crippen molar-refractivity contribution in [1.29, 1.82) is 0 Å². The third kappa shape index (κ3) is 0.855. The van der Waals surface area contributed by atoms with E-state index in [0.29, 0.717) is 5.70 Å². The van der Waals surface area contributed by atoms with E-state index in [-0.39, 0.29) is 0 Å². The van der Waals surface area contributed by atoms with Crippen LogP contribution in [0.4, 0.5) is 0 Å². The van der Waals surface area contributed by atoms with Crippen molar-refractivity contribution in [3.63, 3.8) is 0 Å². The van der Waals surface area contributed by atoms with Crippen LogP contribution in [-0.2, 0) is 4.84 Å². The second-order valence-electron chi connectivity index (χ2n) is 1.19. The molecule has 0 amide bonds. The van der Waals surface area contributed by atoms with Crippen molar-refractivity contribution < 1.29 is 4.84 Å². The van der Waals surface area contributed by atoms with Gasteiger partial charge in [-0.1, -0.05) is 0 Å². The monoisotopic (exact) mass is 98.0 g/mol. The van der Waals surface area contributed by atoms with Crippen LogP contribution < -0.4 is 11.2 Å². The van der Waals surface area contributed by atoms with Gasteiger partial charge in [0.1, 0.15) is 6.26 Å². The summed E-state index contributed by atoms with van der Waals surface area (Å²) >= 11 is 0. The van der Waals surface area contributed by atoms with E-state index in [1.54, 1.807) is 12.3 Å². The van der Waals surface area contributed by atoms with Gasteiger partial charge in [-0.25, -0.2) is 5.48 Å². The minimum Gasteiger partial charge on any atom is -0.396 e. The SMILES string of the molecule is NC1=CONC=C1. The predicted molar refractivity (Wildman–Crippen MR) is 25.6 cm³/mol. The van der Waals surface area contributed by atoms with Crippen LogP contribution in [0.15, 0.2) is 24.2 Å². The van der Waals surface area contributed by atoms with Gasteiger partial charge in [-0.15, -0.1) is 0 Å². The van der Waals surface area contributed by atoms with E-state index < -0.39 is 0 Å². The summed E-state index contributed by atoms with van der Waals surface area (Å²) in [6, 6.07) is 0. The first kappa shape index (κ1) is 4.05. The molecule has 3 N–H and O–H groups in total. The minimum atomic E-state index is 0.624. The van der Waals surface area contributed by atoms with Gasteiger partial charge in [0.2, 0.25) is 0 Å². The van der Waals surface area contributed by atoms with Crippen molar-refractivity contribution in [2.75, 3.05) is 0 Å². The first-order valence-corrected chi connectivity index (χ1v) is 1.93. The van der Waals surface area contributed by atoms with E-state index in [9.17, 15) is 0 Å². The van der Waals surface area contributed by atoms with Crippen LogP contribution in [0.1, 0.15) is 0 Å². The maximum Gasteiger partial charge on any atom is 0.142 e. The third-order valence-corrected chi connectivity index (χ3v) is 0.607. The molecular formula is C4H6N2O.